The first-order valence-corrected chi connectivity index (χ1v) is 11.8. The van der Waals surface area contributed by atoms with Crippen molar-refractivity contribution in [3.63, 3.8) is 0 Å². The van der Waals surface area contributed by atoms with Gasteiger partial charge in [0.2, 0.25) is 5.91 Å². The smallest absolute Gasteiger partial charge is 0.230 e. The van der Waals surface area contributed by atoms with Gasteiger partial charge in [0.25, 0.3) is 0 Å². The minimum absolute atomic E-state index is 0.0562. The molecule has 1 aromatic carbocycles. The number of benzene rings is 1. The minimum atomic E-state index is -3.36. The first-order chi connectivity index (χ1) is 13.1. The normalized spacial score (nSPS) is 23.8. The van der Waals surface area contributed by atoms with E-state index in [4.69, 9.17) is 4.74 Å². The van der Waals surface area contributed by atoms with E-state index in [2.05, 4.69) is 17.9 Å². The molecule has 0 heterocycles. The Bertz CT molecular complexity index is 817. The highest BCUT2D eigenvalue weighted by atomic mass is 32.2. The standard InChI is InChI=1S/C21H31NO4S2/c1-6-18(14(2)3)28(24,25)17-9-7-16(8-10-17)26-15(4)21(5)12-11-19(21)22-20(23)13-27/h7-12,14-15,18-19,27H,6,13H2,1-5H3,(H,22,23)/t15-,18?,19?,21-/m1/s1. The molecule has 0 saturated heterocycles. The Labute approximate surface area is 174 Å². The zero-order chi connectivity index (χ0) is 21.1. The van der Waals surface area contributed by atoms with Crippen LogP contribution in [0.25, 0.3) is 0 Å². The second kappa shape index (κ2) is 8.91. The molecule has 2 rings (SSSR count). The van der Waals surface area contributed by atoms with Crippen LogP contribution in [0.4, 0.5) is 0 Å². The molecule has 28 heavy (non-hydrogen) atoms. The van der Waals surface area contributed by atoms with Crippen LogP contribution in [0.3, 0.4) is 0 Å². The highest BCUT2D eigenvalue weighted by Crippen LogP contribution is 2.39. The highest BCUT2D eigenvalue weighted by molar-refractivity contribution is 7.92. The Hall–Kier alpha value is -1.47. The predicted molar refractivity (Wildman–Crippen MR) is 116 cm³/mol. The number of rotatable bonds is 9. The Morgan fingerprint density at radius 3 is 2.29 bits per heavy atom. The maximum Gasteiger partial charge on any atom is 0.230 e. The maximum atomic E-state index is 12.8. The number of amides is 1. The maximum absolute atomic E-state index is 12.8. The summed E-state index contributed by atoms with van der Waals surface area (Å²) in [6, 6.07) is 6.51. The number of hydrogen-bond acceptors (Lipinski definition) is 5. The van der Waals surface area contributed by atoms with Crippen molar-refractivity contribution in [2.45, 2.75) is 63.3 Å². The van der Waals surface area contributed by atoms with Crippen LogP contribution in [0.1, 0.15) is 41.0 Å². The van der Waals surface area contributed by atoms with Crippen LogP contribution in [0.5, 0.6) is 5.75 Å². The van der Waals surface area contributed by atoms with E-state index in [0.717, 1.165) is 0 Å². The largest absolute Gasteiger partial charge is 0.490 e. The number of nitrogens with one attached hydrogen (secondary N) is 1. The van der Waals surface area contributed by atoms with E-state index < -0.39 is 15.1 Å². The molecule has 156 valence electrons. The summed E-state index contributed by atoms with van der Waals surface area (Å²) in [6.07, 6.45) is 4.34. The predicted octanol–water partition coefficient (Wildman–Crippen LogP) is 3.65. The zero-order valence-corrected chi connectivity index (χ0v) is 18.9. The number of hydrogen-bond donors (Lipinski definition) is 2. The number of carbonyl (C=O) groups excluding carboxylic acids is 1. The number of thiol groups is 1. The van der Waals surface area contributed by atoms with Gasteiger partial charge >= 0.3 is 0 Å². The molecule has 4 atom stereocenters. The van der Waals surface area contributed by atoms with Crippen molar-refractivity contribution in [3.05, 3.63) is 36.4 Å². The van der Waals surface area contributed by atoms with Gasteiger partial charge in [-0.25, -0.2) is 8.42 Å². The average Bonchev–Trinajstić information content (AvgIpc) is 2.64. The van der Waals surface area contributed by atoms with Crippen LogP contribution in [0.2, 0.25) is 0 Å². The monoisotopic (exact) mass is 425 g/mol. The van der Waals surface area contributed by atoms with Crippen LogP contribution in [0.15, 0.2) is 41.3 Å². The van der Waals surface area contributed by atoms with Gasteiger partial charge < -0.3 is 10.1 Å². The van der Waals surface area contributed by atoms with E-state index >= 15 is 0 Å². The molecule has 0 radical (unpaired) electrons. The summed E-state index contributed by atoms with van der Waals surface area (Å²) in [6.45, 7) is 9.73. The summed E-state index contributed by atoms with van der Waals surface area (Å²) in [5.41, 5.74) is -0.339. The molecule has 1 N–H and O–H groups in total. The molecular formula is C21H31NO4S2. The zero-order valence-electron chi connectivity index (χ0n) is 17.2. The molecule has 1 aliphatic carbocycles. The third kappa shape index (κ3) is 4.57. The van der Waals surface area contributed by atoms with Crippen LogP contribution < -0.4 is 10.1 Å². The SMILES string of the molecule is CCC(C(C)C)S(=O)(=O)c1ccc(O[C@H](C)[C@@]2(C)C=CC2NC(=O)CS)cc1. The van der Waals surface area contributed by atoms with E-state index in [0.29, 0.717) is 17.1 Å². The Kier molecular flexibility index (Phi) is 7.26. The van der Waals surface area contributed by atoms with Gasteiger partial charge in [0.1, 0.15) is 11.9 Å². The van der Waals surface area contributed by atoms with E-state index in [-0.39, 0.29) is 35.1 Å². The summed E-state index contributed by atoms with van der Waals surface area (Å²) in [4.78, 5) is 11.9. The molecule has 0 spiro atoms. The van der Waals surface area contributed by atoms with E-state index in [1.54, 1.807) is 24.3 Å². The lowest BCUT2D eigenvalue weighted by Crippen LogP contribution is -2.55. The highest BCUT2D eigenvalue weighted by Gasteiger charge is 2.43. The van der Waals surface area contributed by atoms with Crippen molar-refractivity contribution in [1.29, 1.82) is 0 Å². The fourth-order valence-electron chi connectivity index (χ4n) is 3.57. The van der Waals surface area contributed by atoms with Gasteiger partial charge in [-0.2, -0.15) is 12.6 Å². The number of carbonyl (C=O) groups is 1. The fourth-order valence-corrected chi connectivity index (χ4v) is 5.68. The van der Waals surface area contributed by atoms with Gasteiger partial charge in [0, 0.05) is 5.41 Å². The summed E-state index contributed by atoms with van der Waals surface area (Å²) in [5, 5.41) is 2.53. The van der Waals surface area contributed by atoms with E-state index in [9.17, 15) is 13.2 Å². The lowest BCUT2D eigenvalue weighted by molar-refractivity contribution is -0.120. The van der Waals surface area contributed by atoms with Gasteiger partial charge in [0.05, 0.1) is 21.9 Å². The molecule has 0 aromatic heterocycles. The van der Waals surface area contributed by atoms with Gasteiger partial charge in [-0.15, -0.1) is 0 Å². The molecule has 0 saturated carbocycles. The number of sulfone groups is 1. The van der Waals surface area contributed by atoms with Crippen molar-refractivity contribution < 1.29 is 17.9 Å². The molecular weight excluding hydrogens is 394 g/mol. The van der Waals surface area contributed by atoms with Gasteiger partial charge in [-0.3, -0.25) is 4.79 Å². The summed E-state index contributed by atoms with van der Waals surface area (Å²) in [7, 11) is -3.36. The summed E-state index contributed by atoms with van der Waals surface area (Å²) < 4.78 is 31.7. The third-order valence-corrected chi connectivity index (χ3v) is 8.55. The van der Waals surface area contributed by atoms with Crippen LogP contribution in [-0.2, 0) is 14.6 Å². The molecule has 1 aromatic rings. The molecule has 0 bridgehead atoms. The van der Waals surface area contributed by atoms with Crippen molar-refractivity contribution in [2.24, 2.45) is 11.3 Å². The number of ether oxygens (including phenoxy) is 1. The van der Waals surface area contributed by atoms with Gasteiger partial charge in [-0.1, -0.05) is 39.8 Å². The molecule has 0 fully saturated rings. The Morgan fingerprint density at radius 2 is 1.86 bits per heavy atom. The molecule has 7 heteroatoms. The Morgan fingerprint density at radius 1 is 1.25 bits per heavy atom. The lowest BCUT2D eigenvalue weighted by atomic mass is 9.69. The topological polar surface area (TPSA) is 72.5 Å². The summed E-state index contributed by atoms with van der Waals surface area (Å²) in [5.74, 6) is 0.674. The van der Waals surface area contributed by atoms with Crippen LogP contribution in [0, 0.1) is 11.3 Å². The van der Waals surface area contributed by atoms with E-state index in [1.165, 1.54) is 0 Å². The fraction of sp³-hybridized carbons (Fsp3) is 0.571. The molecule has 5 nitrogen and oxygen atoms in total. The molecule has 1 amide bonds. The summed E-state index contributed by atoms with van der Waals surface area (Å²) >= 11 is 3.99. The van der Waals surface area contributed by atoms with Crippen molar-refractivity contribution in [2.75, 3.05) is 5.75 Å². The average molecular weight is 426 g/mol. The first-order valence-electron chi connectivity index (χ1n) is 9.66. The molecule has 1 aliphatic rings. The molecule has 0 aliphatic heterocycles. The second-order valence-electron chi connectivity index (χ2n) is 7.90. The van der Waals surface area contributed by atoms with Gasteiger partial charge in [0.15, 0.2) is 9.84 Å². The van der Waals surface area contributed by atoms with Gasteiger partial charge in [-0.05, 0) is 43.5 Å². The first kappa shape index (κ1) is 22.8. The lowest BCUT2D eigenvalue weighted by Gasteiger charge is -2.44. The quantitative estimate of drug-likeness (QED) is 0.468. The van der Waals surface area contributed by atoms with Crippen LogP contribution >= 0.6 is 12.6 Å². The van der Waals surface area contributed by atoms with E-state index in [1.807, 2.05) is 46.8 Å². The van der Waals surface area contributed by atoms with Crippen molar-refractivity contribution in [1.82, 2.24) is 5.32 Å². The molecule has 2 unspecified atom stereocenters. The van der Waals surface area contributed by atoms with Crippen molar-refractivity contribution in [3.8, 4) is 5.75 Å². The van der Waals surface area contributed by atoms with Crippen molar-refractivity contribution >= 4 is 28.4 Å². The Balaban J connectivity index is 2.10. The minimum Gasteiger partial charge on any atom is -0.490 e. The third-order valence-electron chi connectivity index (χ3n) is 5.66. The second-order valence-corrected chi connectivity index (χ2v) is 10.4. The van der Waals surface area contributed by atoms with Crippen LogP contribution in [-0.4, -0.2) is 37.5 Å².